The summed E-state index contributed by atoms with van der Waals surface area (Å²) in [6.07, 6.45) is -1.29. The molecule has 0 unspecified atom stereocenters. The number of benzene rings is 1. The van der Waals surface area contributed by atoms with Gasteiger partial charge in [0.05, 0.1) is 5.52 Å². The average Bonchev–Trinajstić information content (AvgIpc) is 3.52. The summed E-state index contributed by atoms with van der Waals surface area (Å²) in [5.41, 5.74) is 2.44. The Bertz CT molecular complexity index is 1690. The molecule has 0 bridgehead atoms. The lowest BCUT2D eigenvalue weighted by molar-refractivity contribution is 0.0546. The lowest BCUT2D eigenvalue weighted by Gasteiger charge is -2.07. The first-order valence-electron chi connectivity index (χ1n) is 10.1. The number of hydrogen-bond donors (Lipinski definition) is 0. The van der Waals surface area contributed by atoms with Gasteiger partial charge in [-0.3, -0.25) is 0 Å². The smallest absolute Gasteiger partial charge is 0.236 e. The highest BCUT2D eigenvalue weighted by Crippen LogP contribution is 2.41. The monoisotopic (exact) mass is 483 g/mol. The molecule has 0 spiro atoms. The van der Waals surface area contributed by atoms with Gasteiger partial charge >= 0.3 is 6.55 Å². The van der Waals surface area contributed by atoms with Gasteiger partial charge in [-0.05, 0) is 30.2 Å². The van der Waals surface area contributed by atoms with E-state index < -0.39 is 13.0 Å². The average molecular weight is 483 g/mol. The Morgan fingerprint density at radius 1 is 0.971 bits per heavy atom. The van der Waals surface area contributed by atoms with Crippen LogP contribution in [0.2, 0.25) is 0 Å². The van der Waals surface area contributed by atoms with E-state index in [1.165, 1.54) is 41.2 Å². The van der Waals surface area contributed by atoms with E-state index in [1.54, 1.807) is 0 Å². The zero-order valence-electron chi connectivity index (χ0n) is 17.3. The molecule has 0 amide bonds. The second kappa shape index (κ2) is 7.55. The lowest BCUT2D eigenvalue weighted by Crippen LogP contribution is -2.02. The summed E-state index contributed by atoms with van der Waals surface area (Å²) in [6.45, 7) is -1.27. The van der Waals surface area contributed by atoms with Crippen LogP contribution in [0.1, 0.15) is 24.4 Å². The van der Waals surface area contributed by atoms with Crippen molar-refractivity contribution in [3.8, 4) is 22.6 Å². The van der Waals surface area contributed by atoms with E-state index in [2.05, 4.69) is 25.1 Å². The van der Waals surface area contributed by atoms with Crippen LogP contribution in [0.15, 0.2) is 48.8 Å². The lowest BCUT2D eigenvalue weighted by atomic mass is 10.0. The van der Waals surface area contributed by atoms with Crippen LogP contribution in [-0.2, 0) is 0 Å². The van der Waals surface area contributed by atoms with Crippen molar-refractivity contribution in [2.45, 2.75) is 19.9 Å². The first-order valence-corrected chi connectivity index (χ1v) is 10.9. The third kappa shape index (κ3) is 3.13. The molecule has 7 nitrogen and oxygen atoms in total. The maximum atomic E-state index is 13.6. The summed E-state index contributed by atoms with van der Waals surface area (Å²) < 4.78 is 56.1. The molecular weight excluding hydrogens is 470 g/mol. The van der Waals surface area contributed by atoms with Crippen molar-refractivity contribution < 1.29 is 17.6 Å². The fourth-order valence-electron chi connectivity index (χ4n) is 3.91. The first kappa shape index (κ1) is 20.7. The minimum absolute atomic E-state index is 0.152. The van der Waals surface area contributed by atoms with Crippen LogP contribution in [-0.4, -0.2) is 34.3 Å². The molecule has 0 N–H and O–H groups in total. The Labute approximate surface area is 192 Å². The molecule has 1 aromatic carbocycles. The number of alkyl halides is 4. The van der Waals surface area contributed by atoms with Crippen molar-refractivity contribution in [1.29, 1.82) is 0 Å². The summed E-state index contributed by atoms with van der Waals surface area (Å²) in [5, 5.41) is 8.87. The van der Waals surface area contributed by atoms with Gasteiger partial charge in [0.25, 0.3) is 6.43 Å². The number of fused-ring (bicyclic) bond motifs is 5. The summed E-state index contributed by atoms with van der Waals surface area (Å²) >= 11 is 1.18. The van der Waals surface area contributed by atoms with Crippen LogP contribution in [0, 0.1) is 6.92 Å². The maximum Gasteiger partial charge on any atom is 0.333 e. The third-order valence-electron chi connectivity index (χ3n) is 5.43. The fourth-order valence-corrected chi connectivity index (χ4v) is 5.04. The van der Waals surface area contributed by atoms with Crippen LogP contribution in [0.25, 0.3) is 48.7 Å². The van der Waals surface area contributed by atoms with E-state index in [9.17, 15) is 17.6 Å². The van der Waals surface area contributed by atoms with Gasteiger partial charge in [0.1, 0.15) is 27.2 Å². The van der Waals surface area contributed by atoms with Crippen molar-refractivity contribution in [2.75, 3.05) is 0 Å². The molecule has 6 aromatic rings. The molecule has 0 fully saturated rings. The van der Waals surface area contributed by atoms with Crippen LogP contribution in [0.3, 0.4) is 0 Å². The largest absolute Gasteiger partial charge is 0.333 e. The van der Waals surface area contributed by atoms with Gasteiger partial charge in [-0.15, -0.1) is 16.4 Å². The highest BCUT2D eigenvalue weighted by Gasteiger charge is 2.22. The molecule has 0 atom stereocenters. The molecule has 5 aromatic heterocycles. The Hall–Kier alpha value is -3.93. The molecule has 6 rings (SSSR count). The highest BCUT2D eigenvalue weighted by atomic mass is 32.1. The quantitative estimate of drug-likeness (QED) is 0.285. The predicted molar refractivity (Wildman–Crippen MR) is 119 cm³/mol. The second-order valence-electron chi connectivity index (χ2n) is 7.56. The SMILES string of the molecule is Cc1cc(-c2nc3c4sc5nc(C(F)F)cc(-c6ccccc6)c5c4ncn3n2)nn1C(F)F. The van der Waals surface area contributed by atoms with Gasteiger partial charge in [-0.2, -0.15) is 13.9 Å². The summed E-state index contributed by atoms with van der Waals surface area (Å²) in [4.78, 5) is 13.6. The number of halogens is 4. The molecule has 170 valence electrons. The number of thiophene rings is 1. The Balaban J connectivity index is 1.62. The summed E-state index contributed by atoms with van der Waals surface area (Å²) in [7, 11) is 0. The zero-order chi connectivity index (χ0) is 23.6. The topological polar surface area (TPSA) is 73.8 Å². The maximum absolute atomic E-state index is 13.6. The van der Waals surface area contributed by atoms with Crippen molar-refractivity contribution in [1.82, 2.24) is 34.3 Å². The Morgan fingerprint density at radius 3 is 2.47 bits per heavy atom. The number of hydrogen-bond acceptors (Lipinski definition) is 6. The number of rotatable bonds is 4. The molecular formula is C22H13F4N7S. The molecule has 0 saturated heterocycles. The van der Waals surface area contributed by atoms with Crippen LogP contribution < -0.4 is 0 Å². The van der Waals surface area contributed by atoms with Gasteiger partial charge in [-0.1, -0.05) is 30.3 Å². The van der Waals surface area contributed by atoms with Gasteiger partial charge < -0.3 is 0 Å². The highest BCUT2D eigenvalue weighted by molar-refractivity contribution is 7.26. The van der Waals surface area contributed by atoms with Crippen LogP contribution >= 0.6 is 11.3 Å². The normalized spacial score (nSPS) is 12.2. The fraction of sp³-hybridized carbons (Fsp3) is 0.136. The zero-order valence-corrected chi connectivity index (χ0v) is 18.1. The van der Waals surface area contributed by atoms with Gasteiger partial charge in [0.2, 0.25) is 5.82 Å². The van der Waals surface area contributed by atoms with E-state index in [0.29, 0.717) is 36.3 Å². The van der Waals surface area contributed by atoms with Crippen molar-refractivity contribution >= 4 is 37.4 Å². The third-order valence-corrected chi connectivity index (χ3v) is 6.50. The number of aryl methyl sites for hydroxylation is 1. The minimum atomic E-state index is -2.78. The van der Waals surface area contributed by atoms with Crippen molar-refractivity contribution in [3.63, 3.8) is 0 Å². The molecule has 0 radical (unpaired) electrons. The van der Waals surface area contributed by atoms with Gasteiger partial charge in [-0.25, -0.2) is 32.9 Å². The molecule has 12 heteroatoms. The first-order chi connectivity index (χ1) is 16.4. The number of nitrogens with zero attached hydrogens (tertiary/aromatic N) is 7. The van der Waals surface area contributed by atoms with Gasteiger partial charge in [0.15, 0.2) is 5.65 Å². The van der Waals surface area contributed by atoms with Gasteiger partial charge in [0, 0.05) is 11.1 Å². The molecule has 0 aliphatic rings. The molecule has 0 saturated carbocycles. The van der Waals surface area contributed by atoms with Crippen molar-refractivity contribution in [3.05, 3.63) is 60.2 Å². The Kier molecular flexibility index (Phi) is 4.59. The number of pyridine rings is 1. The van der Waals surface area contributed by atoms with E-state index in [-0.39, 0.29) is 22.9 Å². The van der Waals surface area contributed by atoms with E-state index in [4.69, 9.17) is 0 Å². The van der Waals surface area contributed by atoms with E-state index in [1.807, 2.05) is 30.3 Å². The molecule has 0 aliphatic heterocycles. The molecule has 5 heterocycles. The van der Waals surface area contributed by atoms with E-state index >= 15 is 0 Å². The van der Waals surface area contributed by atoms with Crippen LogP contribution in [0.4, 0.5) is 17.6 Å². The van der Waals surface area contributed by atoms with Crippen molar-refractivity contribution in [2.24, 2.45) is 0 Å². The molecule has 0 aliphatic carbocycles. The second-order valence-corrected chi connectivity index (χ2v) is 8.56. The number of aromatic nitrogens is 7. The minimum Gasteiger partial charge on any atom is -0.236 e. The van der Waals surface area contributed by atoms with E-state index in [0.717, 1.165) is 5.56 Å². The molecule has 34 heavy (non-hydrogen) atoms. The summed E-state index contributed by atoms with van der Waals surface area (Å²) in [6, 6.07) is 12.0. The standard InChI is InChI=1S/C22H13F4N7S/c1-10-7-14(30-33(10)22(25)26)19-29-20-17-16(27-9-32(20)31-19)15-12(11-5-3-2-4-6-11)8-13(18(23)24)28-21(15)34-17/h2-9,18,22H,1H3. The Morgan fingerprint density at radius 2 is 1.76 bits per heavy atom. The van der Waals surface area contributed by atoms with Crippen LogP contribution in [0.5, 0.6) is 0 Å². The summed E-state index contributed by atoms with van der Waals surface area (Å²) in [5.74, 6) is 0.152. The predicted octanol–water partition coefficient (Wildman–Crippen LogP) is 6.06.